The smallest absolute Gasteiger partial charge is 0.404 e. The standard InChI is InChI=1S/C33H34N2O10/c1-16-9-11-18(12-10-16)19-7-6-8-20(15-19)29(38)35-23-24(36)21-13-14-22(17(2)26(21)43-30(23)39)42-31-25(37)27(44-32(34)40)28(41-5)33(3,4)45-31/h6-15,25,27-28,31,36-37H,1-5H3,(H2,34,40)(H,35,38)/t25-,27+,28-,31-/m1/s1. The molecule has 1 aliphatic heterocycles. The number of fused-ring (bicyclic) bond motifs is 1. The summed E-state index contributed by atoms with van der Waals surface area (Å²) >= 11 is 0. The van der Waals surface area contributed by atoms with Crippen LogP contribution in [0, 0.1) is 13.8 Å². The summed E-state index contributed by atoms with van der Waals surface area (Å²) in [6.07, 6.45) is -6.05. The van der Waals surface area contributed by atoms with Crippen molar-refractivity contribution in [3.8, 4) is 22.6 Å². The molecule has 4 atom stereocenters. The first-order chi connectivity index (χ1) is 21.3. The van der Waals surface area contributed by atoms with Crippen molar-refractivity contribution in [1.82, 2.24) is 0 Å². The normalized spacial score (nSPS) is 20.8. The lowest BCUT2D eigenvalue weighted by Crippen LogP contribution is -2.65. The molecule has 0 radical (unpaired) electrons. The minimum Gasteiger partial charge on any atom is -0.505 e. The largest absolute Gasteiger partial charge is 0.505 e. The van der Waals surface area contributed by atoms with Crippen molar-refractivity contribution < 1.29 is 43.2 Å². The Labute approximate surface area is 258 Å². The molecule has 0 bridgehead atoms. The lowest BCUT2D eigenvalue weighted by Gasteiger charge is -2.47. The number of carbonyl (C=O) groups excluding carboxylic acids is 2. The second-order valence-corrected chi connectivity index (χ2v) is 11.3. The van der Waals surface area contributed by atoms with E-state index in [4.69, 9.17) is 29.1 Å². The molecule has 0 saturated carbocycles. The van der Waals surface area contributed by atoms with Crippen LogP contribution in [0.5, 0.6) is 11.5 Å². The van der Waals surface area contributed by atoms with Crippen LogP contribution >= 0.6 is 0 Å². The Morgan fingerprint density at radius 3 is 2.40 bits per heavy atom. The molecule has 1 fully saturated rings. The number of nitrogens with one attached hydrogen (secondary N) is 1. The molecule has 45 heavy (non-hydrogen) atoms. The molecule has 1 aliphatic rings. The molecular formula is C33H34N2O10. The van der Waals surface area contributed by atoms with Crippen molar-refractivity contribution in [2.45, 2.75) is 57.9 Å². The molecule has 0 aliphatic carbocycles. The fraction of sp³-hybridized carbons (Fsp3) is 0.303. The summed E-state index contributed by atoms with van der Waals surface area (Å²) in [7, 11) is 1.38. The number of aryl methyl sites for hydroxylation is 2. The summed E-state index contributed by atoms with van der Waals surface area (Å²) in [5, 5.41) is 24.6. The van der Waals surface area contributed by atoms with E-state index in [1.807, 2.05) is 37.3 Å². The van der Waals surface area contributed by atoms with E-state index in [2.05, 4.69) is 5.32 Å². The average molecular weight is 619 g/mol. The van der Waals surface area contributed by atoms with Crippen LogP contribution in [0.15, 0.2) is 69.9 Å². The molecule has 5 N–H and O–H groups in total. The van der Waals surface area contributed by atoms with E-state index in [0.29, 0.717) is 5.56 Å². The fourth-order valence-corrected chi connectivity index (χ4v) is 5.44. The summed E-state index contributed by atoms with van der Waals surface area (Å²) in [6.45, 7) is 6.89. The van der Waals surface area contributed by atoms with Crippen LogP contribution in [-0.4, -0.2) is 59.5 Å². The molecule has 1 saturated heterocycles. The molecule has 0 unspecified atom stereocenters. The van der Waals surface area contributed by atoms with Crippen LogP contribution in [0.1, 0.15) is 35.3 Å². The molecule has 236 valence electrons. The number of anilines is 1. The Kier molecular flexibility index (Phi) is 8.57. The van der Waals surface area contributed by atoms with Gasteiger partial charge in [-0.2, -0.15) is 0 Å². The van der Waals surface area contributed by atoms with E-state index in [1.165, 1.54) is 19.2 Å². The van der Waals surface area contributed by atoms with Gasteiger partial charge in [0, 0.05) is 18.2 Å². The van der Waals surface area contributed by atoms with Gasteiger partial charge >= 0.3 is 11.7 Å². The second-order valence-electron chi connectivity index (χ2n) is 11.3. The van der Waals surface area contributed by atoms with Gasteiger partial charge in [0.2, 0.25) is 6.29 Å². The Morgan fingerprint density at radius 1 is 1.02 bits per heavy atom. The van der Waals surface area contributed by atoms with E-state index in [1.54, 1.807) is 39.0 Å². The van der Waals surface area contributed by atoms with Gasteiger partial charge in [0.05, 0.1) is 11.0 Å². The molecule has 4 aromatic rings. The first-order valence-corrected chi connectivity index (χ1v) is 14.1. The maximum Gasteiger partial charge on any atom is 0.404 e. The average Bonchev–Trinajstić information content (AvgIpc) is 2.99. The van der Waals surface area contributed by atoms with Gasteiger partial charge in [-0.1, -0.05) is 42.0 Å². The zero-order chi connectivity index (χ0) is 32.6. The molecule has 3 aromatic carbocycles. The Hall–Kier alpha value is -4.91. The number of aliphatic hydroxyl groups is 1. The van der Waals surface area contributed by atoms with Gasteiger partial charge in [-0.05, 0) is 63.1 Å². The molecule has 2 amide bonds. The molecular weight excluding hydrogens is 584 g/mol. The molecule has 2 heterocycles. The number of methoxy groups -OCH3 is 1. The zero-order valence-corrected chi connectivity index (χ0v) is 25.3. The minimum absolute atomic E-state index is 0.0152. The summed E-state index contributed by atoms with van der Waals surface area (Å²) in [5.74, 6) is -0.967. The number of nitrogens with two attached hydrogens (primary N) is 1. The van der Waals surface area contributed by atoms with Gasteiger partial charge in [0.1, 0.15) is 17.4 Å². The number of benzene rings is 3. The number of ether oxygens (including phenoxy) is 4. The molecule has 12 heteroatoms. The highest BCUT2D eigenvalue weighted by Crippen LogP contribution is 2.38. The molecule has 0 spiro atoms. The van der Waals surface area contributed by atoms with Crippen molar-refractivity contribution in [2.24, 2.45) is 5.73 Å². The van der Waals surface area contributed by atoms with E-state index in [0.717, 1.165) is 16.7 Å². The lowest BCUT2D eigenvalue weighted by atomic mass is 9.89. The highest BCUT2D eigenvalue weighted by atomic mass is 16.7. The topological polar surface area (TPSA) is 180 Å². The Balaban J connectivity index is 1.42. The van der Waals surface area contributed by atoms with Crippen molar-refractivity contribution >= 4 is 28.7 Å². The highest BCUT2D eigenvalue weighted by molar-refractivity contribution is 6.07. The summed E-state index contributed by atoms with van der Waals surface area (Å²) in [4.78, 5) is 37.7. The van der Waals surface area contributed by atoms with Crippen LogP contribution in [0.4, 0.5) is 10.5 Å². The monoisotopic (exact) mass is 618 g/mol. The number of primary amides is 1. The third-order valence-corrected chi connectivity index (χ3v) is 7.76. The predicted molar refractivity (Wildman–Crippen MR) is 164 cm³/mol. The van der Waals surface area contributed by atoms with Gasteiger partial charge in [-0.25, -0.2) is 9.59 Å². The van der Waals surface area contributed by atoms with Gasteiger partial charge in [0.25, 0.3) is 5.91 Å². The van der Waals surface area contributed by atoms with E-state index < -0.39 is 59.3 Å². The van der Waals surface area contributed by atoms with Crippen LogP contribution in [0.2, 0.25) is 0 Å². The first-order valence-electron chi connectivity index (χ1n) is 14.1. The highest BCUT2D eigenvalue weighted by Gasteiger charge is 2.53. The van der Waals surface area contributed by atoms with Gasteiger partial charge in [-0.15, -0.1) is 0 Å². The van der Waals surface area contributed by atoms with Gasteiger partial charge in [0.15, 0.2) is 23.6 Å². The first kappa shape index (κ1) is 31.5. The fourth-order valence-electron chi connectivity index (χ4n) is 5.44. The number of amides is 2. The van der Waals surface area contributed by atoms with E-state index in [9.17, 15) is 24.6 Å². The number of aromatic hydroxyl groups is 1. The molecule has 1 aromatic heterocycles. The third kappa shape index (κ3) is 6.21. The number of hydrogen-bond donors (Lipinski definition) is 4. The number of carbonyl (C=O) groups is 2. The summed E-state index contributed by atoms with van der Waals surface area (Å²) in [6, 6.07) is 17.6. The second kappa shape index (κ2) is 12.2. The predicted octanol–water partition coefficient (Wildman–Crippen LogP) is 4.39. The van der Waals surface area contributed by atoms with E-state index >= 15 is 0 Å². The minimum atomic E-state index is -1.51. The zero-order valence-electron chi connectivity index (χ0n) is 25.3. The van der Waals surface area contributed by atoms with Gasteiger partial charge in [-0.3, -0.25) is 4.79 Å². The van der Waals surface area contributed by atoms with Crippen molar-refractivity contribution in [2.75, 3.05) is 12.4 Å². The number of aliphatic hydroxyl groups excluding tert-OH is 1. The summed E-state index contributed by atoms with van der Waals surface area (Å²) < 4.78 is 28.0. The lowest BCUT2D eigenvalue weighted by molar-refractivity contribution is -0.304. The van der Waals surface area contributed by atoms with Crippen molar-refractivity contribution in [3.05, 3.63) is 87.8 Å². The third-order valence-electron chi connectivity index (χ3n) is 7.76. The van der Waals surface area contributed by atoms with Crippen molar-refractivity contribution in [3.63, 3.8) is 0 Å². The summed E-state index contributed by atoms with van der Waals surface area (Å²) in [5.41, 5.74) is 6.09. The van der Waals surface area contributed by atoms with Crippen molar-refractivity contribution in [1.29, 1.82) is 0 Å². The number of hydrogen-bond acceptors (Lipinski definition) is 10. The van der Waals surface area contributed by atoms with Crippen LogP contribution < -0.4 is 21.4 Å². The molecule has 12 nitrogen and oxygen atoms in total. The van der Waals surface area contributed by atoms with Gasteiger partial charge < -0.3 is 44.6 Å². The SMILES string of the molecule is CO[C@@H]1[C@@H](OC(N)=O)[C@@H](O)[C@H](Oc2ccc3c(O)c(NC(=O)c4cccc(-c5ccc(C)cc5)c4)c(=O)oc3c2C)OC1(C)C. The molecule has 5 rings (SSSR count). The Bertz CT molecular complexity index is 1820. The maximum absolute atomic E-state index is 13.1. The Morgan fingerprint density at radius 2 is 1.73 bits per heavy atom. The quantitative estimate of drug-likeness (QED) is 0.217. The maximum atomic E-state index is 13.1. The van der Waals surface area contributed by atoms with Crippen LogP contribution in [0.3, 0.4) is 0 Å². The van der Waals surface area contributed by atoms with E-state index in [-0.39, 0.29) is 22.3 Å². The van der Waals surface area contributed by atoms with Crippen LogP contribution in [-0.2, 0) is 14.2 Å². The van der Waals surface area contributed by atoms with Crippen LogP contribution in [0.25, 0.3) is 22.1 Å². The number of rotatable bonds is 7.